The SMILES string of the molecule is O=c1c2cnn(-c3cccc(C(F)(F)F)c3)c2ncn1Cc1cccc(Br)c1. The van der Waals surface area contributed by atoms with Crippen LogP contribution in [-0.4, -0.2) is 19.3 Å². The number of aromatic nitrogens is 4. The molecule has 142 valence electrons. The lowest BCUT2D eigenvalue weighted by Gasteiger charge is -2.09. The van der Waals surface area contributed by atoms with E-state index in [2.05, 4.69) is 26.0 Å². The molecule has 0 aliphatic carbocycles. The molecule has 0 N–H and O–H groups in total. The van der Waals surface area contributed by atoms with Gasteiger partial charge in [-0.1, -0.05) is 34.1 Å². The Morgan fingerprint density at radius 2 is 1.86 bits per heavy atom. The van der Waals surface area contributed by atoms with E-state index >= 15 is 0 Å². The number of hydrogen-bond donors (Lipinski definition) is 0. The van der Waals surface area contributed by atoms with Crippen molar-refractivity contribution >= 4 is 27.0 Å². The van der Waals surface area contributed by atoms with Crippen LogP contribution in [0.4, 0.5) is 13.2 Å². The molecular weight excluding hydrogens is 437 g/mol. The van der Waals surface area contributed by atoms with Crippen LogP contribution in [0.2, 0.25) is 0 Å². The summed E-state index contributed by atoms with van der Waals surface area (Å²) < 4.78 is 42.5. The predicted octanol–water partition coefficient (Wildman–Crippen LogP) is 4.41. The van der Waals surface area contributed by atoms with E-state index in [9.17, 15) is 18.0 Å². The van der Waals surface area contributed by atoms with Gasteiger partial charge in [-0.3, -0.25) is 9.36 Å². The molecule has 0 fully saturated rings. The first-order chi connectivity index (χ1) is 13.3. The average Bonchev–Trinajstić information content (AvgIpc) is 3.08. The monoisotopic (exact) mass is 448 g/mol. The molecule has 9 heteroatoms. The van der Waals surface area contributed by atoms with Crippen LogP contribution < -0.4 is 5.56 Å². The van der Waals surface area contributed by atoms with Crippen LogP contribution in [0.1, 0.15) is 11.1 Å². The van der Waals surface area contributed by atoms with Crippen molar-refractivity contribution in [1.29, 1.82) is 0 Å². The predicted molar refractivity (Wildman–Crippen MR) is 101 cm³/mol. The lowest BCUT2D eigenvalue weighted by Crippen LogP contribution is -2.21. The van der Waals surface area contributed by atoms with Gasteiger partial charge >= 0.3 is 6.18 Å². The molecule has 0 saturated carbocycles. The summed E-state index contributed by atoms with van der Waals surface area (Å²) >= 11 is 3.39. The van der Waals surface area contributed by atoms with Crippen LogP contribution in [0.15, 0.2) is 70.3 Å². The quantitative estimate of drug-likeness (QED) is 0.466. The molecule has 0 amide bonds. The van der Waals surface area contributed by atoms with Gasteiger partial charge in [0, 0.05) is 4.47 Å². The molecule has 5 nitrogen and oxygen atoms in total. The Kier molecular flexibility index (Phi) is 4.54. The van der Waals surface area contributed by atoms with Gasteiger partial charge < -0.3 is 0 Å². The Morgan fingerprint density at radius 3 is 2.61 bits per heavy atom. The van der Waals surface area contributed by atoms with E-state index in [-0.39, 0.29) is 22.3 Å². The van der Waals surface area contributed by atoms with E-state index < -0.39 is 11.7 Å². The third-order valence-corrected chi connectivity index (χ3v) is 4.71. The molecule has 0 unspecified atom stereocenters. The summed E-state index contributed by atoms with van der Waals surface area (Å²) in [5, 5.41) is 4.31. The number of hydrogen-bond acceptors (Lipinski definition) is 3. The minimum absolute atomic E-state index is 0.182. The standard InChI is InChI=1S/C19H12BrF3N4O/c20-14-5-1-3-12(7-14)10-26-11-24-17-16(18(26)28)9-25-27(17)15-6-2-4-13(8-15)19(21,22)23/h1-9,11H,10H2. The molecule has 0 atom stereocenters. The minimum atomic E-state index is -4.47. The van der Waals surface area contributed by atoms with Crippen molar-refractivity contribution in [3.63, 3.8) is 0 Å². The zero-order valence-electron chi connectivity index (χ0n) is 14.2. The highest BCUT2D eigenvalue weighted by Gasteiger charge is 2.30. The Morgan fingerprint density at radius 1 is 1.07 bits per heavy atom. The lowest BCUT2D eigenvalue weighted by molar-refractivity contribution is -0.137. The fraction of sp³-hybridized carbons (Fsp3) is 0.105. The fourth-order valence-corrected chi connectivity index (χ4v) is 3.34. The molecule has 4 aromatic rings. The second-order valence-electron chi connectivity index (χ2n) is 6.15. The van der Waals surface area contributed by atoms with Crippen LogP contribution in [-0.2, 0) is 12.7 Å². The lowest BCUT2D eigenvalue weighted by atomic mass is 10.2. The third kappa shape index (κ3) is 3.45. The zero-order valence-corrected chi connectivity index (χ0v) is 15.8. The molecule has 0 aliphatic rings. The number of fused-ring (bicyclic) bond motifs is 1. The molecule has 0 aliphatic heterocycles. The van der Waals surface area contributed by atoms with Crippen molar-refractivity contribution in [3.8, 4) is 5.69 Å². The molecule has 2 heterocycles. The average molecular weight is 449 g/mol. The molecule has 4 rings (SSSR count). The minimum Gasteiger partial charge on any atom is -0.294 e. The van der Waals surface area contributed by atoms with E-state index in [0.29, 0.717) is 6.54 Å². The maximum atomic E-state index is 13.0. The molecule has 0 spiro atoms. The van der Waals surface area contributed by atoms with Gasteiger partial charge in [0.25, 0.3) is 5.56 Å². The van der Waals surface area contributed by atoms with Gasteiger partial charge in [-0.25, -0.2) is 9.67 Å². The second kappa shape index (κ2) is 6.90. The third-order valence-electron chi connectivity index (χ3n) is 4.21. The van der Waals surface area contributed by atoms with Gasteiger partial charge in [0.1, 0.15) is 11.7 Å². The van der Waals surface area contributed by atoms with Gasteiger partial charge in [0.2, 0.25) is 0 Å². The van der Waals surface area contributed by atoms with Crippen LogP contribution >= 0.6 is 15.9 Å². The molecule has 0 radical (unpaired) electrons. The smallest absolute Gasteiger partial charge is 0.294 e. The van der Waals surface area contributed by atoms with Crippen molar-refractivity contribution in [2.75, 3.05) is 0 Å². The maximum absolute atomic E-state index is 13.0. The highest BCUT2D eigenvalue weighted by Crippen LogP contribution is 2.30. The zero-order chi connectivity index (χ0) is 19.9. The summed E-state index contributed by atoms with van der Waals surface area (Å²) in [4.78, 5) is 17.0. The van der Waals surface area contributed by atoms with E-state index in [0.717, 1.165) is 22.2 Å². The van der Waals surface area contributed by atoms with E-state index in [4.69, 9.17) is 0 Å². The number of nitrogens with zero attached hydrogens (tertiary/aromatic N) is 4. The first-order valence-corrected chi connectivity index (χ1v) is 8.97. The highest BCUT2D eigenvalue weighted by molar-refractivity contribution is 9.10. The normalized spacial score (nSPS) is 11.9. The van der Waals surface area contributed by atoms with E-state index in [1.54, 1.807) is 0 Å². The van der Waals surface area contributed by atoms with Crippen molar-refractivity contribution in [2.24, 2.45) is 0 Å². The Hall–Kier alpha value is -2.94. The summed E-state index contributed by atoms with van der Waals surface area (Å²) in [6.45, 7) is 0.315. The molecule has 0 bridgehead atoms. The van der Waals surface area contributed by atoms with Gasteiger partial charge in [-0.05, 0) is 35.9 Å². The first kappa shape index (κ1) is 18.4. The maximum Gasteiger partial charge on any atom is 0.416 e. The molecule has 2 aromatic heterocycles. The van der Waals surface area contributed by atoms with Crippen molar-refractivity contribution in [3.05, 3.63) is 87.0 Å². The fourth-order valence-electron chi connectivity index (χ4n) is 2.90. The molecular formula is C19H12BrF3N4O. The topological polar surface area (TPSA) is 52.7 Å². The van der Waals surface area contributed by atoms with E-state index in [1.165, 1.54) is 33.9 Å². The molecule has 28 heavy (non-hydrogen) atoms. The number of alkyl halides is 3. The highest BCUT2D eigenvalue weighted by atomic mass is 79.9. The van der Waals surface area contributed by atoms with Crippen molar-refractivity contribution in [2.45, 2.75) is 12.7 Å². The molecule has 2 aromatic carbocycles. The number of halogens is 4. The van der Waals surface area contributed by atoms with Gasteiger partial charge in [0.05, 0.1) is 24.0 Å². The van der Waals surface area contributed by atoms with Gasteiger partial charge in [0.15, 0.2) is 5.65 Å². The summed E-state index contributed by atoms with van der Waals surface area (Å²) in [6, 6.07) is 12.2. The Labute approximate surface area is 165 Å². The van der Waals surface area contributed by atoms with E-state index in [1.807, 2.05) is 24.3 Å². The largest absolute Gasteiger partial charge is 0.416 e. The van der Waals surface area contributed by atoms with Crippen LogP contribution in [0.3, 0.4) is 0 Å². The van der Waals surface area contributed by atoms with Crippen LogP contribution in [0.5, 0.6) is 0 Å². The van der Waals surface area contributed by atoms with Crippen LogP contribution in [0, 0.1) is 0 Å². The summed E-state index contributed by atoms with van der Waals surface area (Å²) in [5.74, 6) is 0. The van der Waals surface area contributed by atoms with Crippen LogP contribution in [0.25, 0.3) is 16.7 Å². The summed E-state index contributed by atoms with van der Waals surface area (Å²) in [6.07, 6.45) is -1.78. The summed E-state index contributed by atoms with van der Waals surface area (Å²) in [7, 11) is 0. The number of benzene rings is 2. The summed E-state index contributed by atoms with van der Waals surface area (Å²) in [5.41, 5.74) is 0.180. The first-order valence-electron chi connectivity index (χ1n) is 8.18. The Balaban J connectivity index is 1.76. The Bertz CT molecular complexity index is 1230. The van der Waals surface area contributed by atoms with Crippen molar-refractivity contribution in [1.82, 2.24) is 19.3 Å². The second-order valence-corrected chi connectivity index (χ2v) is 7.06. The molecule has 0 saturated heterocycles. The van der Waals surface area contributed by atoms with Gasteiger partial charge in [-0.15, -0.1) is 0 Å². The number of rotatable bonds is 3. The van der Waals surface area contributed by atoms with Gasteiger partial charge in [-0.2, -0.15) is 18.3 Å². The van der Waals surface area contributed by atoms with Crippen molar-refractivity contribution < 1.29 is 13.2 Å².